The molecule has 0 saturated carbocycles. The van der Waals surface area contributed by atoms with Crippen LogP contribution in [0.1, 0.15) is 17.4 Å². The zero-order valence-corrected chi connectivity index (χ0v) is 12.2. The average Bonchev–Trinajstić information content (AvgIpc) is 2.83. The zero-order chi connectivity index (χ0) is 13.8. The van der Waals surface area contributed by atoms with Crippen molar-refractivity contribution in [1.82, 2.24) is 19.7 Å². The molecule has 0 aliphatic rings. The third kappa shape index (κ3) is 2.91. The van der Waals surface area contributed by atoms with E-state index in [-0.39, 0.29) is 12.3 Å². The zero-order valence-electron chi connectivity index (χ0n) is 10.4. The Morgan fingerprint density at radius 1 is 1.53 bits per heavy atom. The van der Waals surface area contributed by atoms with Crippen LogP contribution < -0.4 is 0 Å². The standard InChI is InChI=1S/C11H12ClN4O2P/c1-3-18-11(17)9-10(16(19-2)15-14-9)8-5-4-7(12)6-13-8/h4-6,19H,3H2,1-2H3. The Morgan fingerprint density at radius 3 is 2.89 bits per heavy atom. The van der Waals surface area contributed by atoms with Crippen LogP contribution in [0.4, 0.5) is 0 Å². The van der Waals surface area contributed by atoms with Crippen LogP contribution in [-0.2, 0) is 4.74 Å². The Hall–Kier alpha value is -1.52. The Balaban J connectivity index is 2.50. The lowest BCUT2D eigenvalue weighted by molar-refractivity contribution is 0.0520. The van der Waals surface area contributed by atoms with Gasteiger partial charge in [-0.25, -0.2) is 9.25 Å². The molecule has 0 spiro atoms. The number of hydrogen-bond donors (Lipinski definition) is 0. The molecule has 8 heteroatoms. The molecule has 100 valence electrons. The topological polar surface area (TPSA) is 69.9 Å². The van der Waals surface area contributed by atoms with E-state index in [4.69, 9.17) is 16.3 Å². The van der Waals surface area contributed by atoms with Gasteiger partial charge in [-0.2, -0.15) is 0 Å². The van der Waals surface area contributed by atoms with Crippen molar-refractivity contribution in [3.8, 4) is 11.4 Å². The normalized spacial score (nSPS) is 11.1. The number of carbonyl (C=O) groups excluding carboxylic acids is 1. The minimum absolute atomic E-state index is 0.172. The summed E-state index contributed by atoms with van der Waals surface area (Å²) in [6.45, 7) is 3.96. The summed E-state index contributed by atoms with van der Waals surface area (Å²) < 4.78 is 6.59. The van der Waals surface area contributed by atoms with Gasteiger partial charge in [0.2, 0.25) is 0 Å². The number of nitrogens with zero attached hydrogens (tertiary/aromatic N) is 4. The largest absolute Gasteiger partial charge is 0.461 e. The maximum absolute atomic E-state index is 11.8. The first-order chi connectivity index (χ1) is 9.17. The quantitative estimate of drug-likeness (QED) is 0.639. The summed E-state index contributed by atoms with van der Waals surface area (Å²) in [5, 5.41) is 8.35. The van der Waals surface area contributed by atoms with Crippen LogP contribution in [0.2, 0.25) is 5.02 Å². The van der Waals surface area contributed by atoms with E-state index in [1.807, 2.05) is 6.66 Å². The third-order valence-electron chi connectivity index (χ3n) is 2.32. The molecular weight excluding hydrogens is 287 g/mol. The molecule has 1 unspecified atom stereocenters. The van der Waals surface area contributed by atoms with Crippen molar-refractivity contribution in [2.75, 3.05) is 13.3 Å². The molecule has 0 aliphatic heterocycles. The molecule has 0 amide bonds. The average molecular weight is 299 g/mol. The molecule has 2 aromatic rings. The smallest absolute Gasteiger partial charge is 0.361 e. The Morgan fingerprint density at radius 2 is 2.32 bits per heavy atom. The molecule has 0 bridgehead atoms. The minimum atomic E-state index is -0.501. The molecule has 2 rings (SSSR count). The van der Waals surface area contributed by atoms with E-state index in [1.165, 1.54) is 6.20 Å². The Labute approximate surface area is 117 Å². The second-order valence-electron chi connectivity index (χ2n) is 3.50. The van der Waals surface area contributed by atoms with Crippen LogP contribution in [-0.4, -0.2) is 39.0 Å². The number of esters is 1. The number of pyridine rings is 1. The van der Waals surface area contributed by atoms with Crippen molar-refractivity contribution in [2.24, 2.45) is 0 Å². The van der Waals surface area contributed by atoms with Crippen molar-refractivity contribution in [3.63, 3.8) is 0 Å². The van der Waals surface area contributed by atoms with Gasteiger partial charge in [-0.3, -0.25) is 4.98 Å². The second kappa shape index (κ2) is 6.08. The van der Waals surface area contributed by atoms with Gasteiger partial charge in [-0.15, -0.1) is 5.10 Å². The van der Waals surface area contributed by atoms with Crippen molar-refractivity contribution in [3.05, 3.63) is 29.0 Å². The fourth-order valence-corrected chi connectivity index (χ4v) is 2.21. The van der Waals surface area contributed by atoms with Crippen molar-refractivity contribution in [2.45, 2.75) is 6.92 Å². The highest BCUT2D eigenvalue weighted by Crippen LogP contribution is 2.26. The summed E-state index contributed by atoms with van der Waals surface area (Å²) in [4.78, 5) is 16.0. The van der Waals surface area contributed by atoms with Gasteiger partial charge in [-0.05, 0) is 25.7 Å². The number of carbonyl (C=O) groups is 1. The van der Waals surface area contributed by atoms with E-state index in [1.54, 1.807) is 23.5 Å². The van der Waals surface area contributed by atoms with Crippen molar-refractivity contribution >= 4 is 26.3 Å². The molecule has 19 heavy (non-hydrogen) atoms. The van der Waals surface area contributed by atoms with Gasteiger partial charge in [0, 0.05) is 14.9 Å². The SMILES string of the molecule is CCOC(=O)c1nnn(PC)c1-c1ccc(Cl)cn1. The van der Waals surface area contributed by atoms with Crippen molar-refractivity contribution in [1.29, 1.82) is 0 Å². The van der Waals surface area contributed by atoms with Gasteiger partial charge < -0.3 is 4.74 Å². The van der Waals surface area contributed by atoms with E-state index < -0.39 is 5.97 Å². The van der Waals surface area contributed by atoms with E-state index in [2.05, 4.69) is 15.3 Å². The van der Waals surface area contributed by atoms with Crippen LogP contribution in [0.25, 0.3) is 11.4 Å². The molecule has 0 saturated heterocycles. The first kappa shape index (κ1) is 13.9. The summed E-state index contributed by atoms with van der Waals surface area (Å²) in [6, 6.07) is 3.43. The van der Waals surface area contributed by atoms with Crippen molar-refractivity contribution < 1.29 is 9.53 Å². The molecule has 2 heterocycles. The second-order valence-corrected chi connectivity index (χ2v) is 4.81. The summed E-state index contributed by atoms with van der Waals surface area (Å²) in [5.41, 5.74) is 1.31. The van der Waals surface area contributed by atoms with Gasteiger partial charge in [0.05, 0.1) is 17.3 Å². The number of ether oxygens (including phenoxy) is 1. The molecule has 0 aliphatic carbocycles. The number of rotatable bonds is 4. The van der Waals surface area contributed by atoms with E-state index in [0.717, 1.165) is 0 Å². The lowest BCUT2D eigenvalue weighted by Crippen LogP contribution is -2.07. The predicted octanol–water partition coefficient (Wildman–Crippen LogP) is 2.24. The van der Waals surface area contributed by atoms with Gasteiger partial charge in [-0.1, -0.05) is 16.8 Å². The van der Waals surface area contributed by atoms with Gasteiger partial charge in [0.25, 0.3) is 0 Å². The van der Waals surface area contributed by atoms with E-state index in [9.17, 15) is 4.79 Å². The maximum Gasteiger partial charge on any atom is 0.361 e. The van der Waals surface area contributed by atoms with Gasteiger partial charge in [0.1, 0.15) is 5.69 Å². The lowest BCUT2D eigenvalue weighted by atomic mass is 10.2. The highest BCUT2D eigenvalue weighted by atomic mass is 35.5. The van der Waals surface area contributed by atoms with E-state index in [0.29, 0.717) is 25.1 Å². The third-order valence-corrected chi connectivity index (χ3v) is 3.28. The van der Waals surface area contributed by atoms with Gasteiger partial charge in [0.15, 0.2) is 5.69 Å². The number of hydrogen-bond acceptors (Lipinski definition) is 5. The molecule has 0 N–H and O–H groups in total. The summed E-state index contributed by atoms with van der Waals surface area (Å²) in [5.74, 6) is -0.501. The molecule has 1 atom stereocenters. The Bertz CT molecular complexity index is 585. The highest BCUT2D eigenvalue weighted by Gasteiger charge is 2.22. The lowest BCUT2D eigenvalue weighted by Gasteiger charge is -2.05. The molecule has 0 aromatic carbocycles. The fraction of sp³-hybridized carbons (Fsp3) is 0.273. The summed E-state index contributed by atoms with van der Waals surface area (Å²) in [7, 11) is 0.330. The van der Waals surface area contributed by atoms with Crippen LogP contribution >= 0.6 is 20.3 Å². The minimum Gasteiger partial charge on any atom is -0.461 e. The first-order valence-corrected chi connectivity index (χ1v) is 7.42. The van der Waals surface area contributed by atoms with Crippen LogP contribution in [0.15, 0.2) is 18.3 Å². The Kier molecular flexibility index (Phi) is 4.45. The van der Waals surface area contributed by atoms with Crippen LogP contribution in [0.3, 0.4) is 0 Å². The first-order valence-electron chi connectivity index (χ1n) is 5.59. The molecular formula is C11H12ClN4O2P. The monoisotopic (exact) mass is 298 g/mol. The molecule has 2 aromatic heterocycles. The molecule has 0 fully saturated rings. The van der Waals surface area contributed by atoms with Crippen LogP contribution in [0, 0.1) is 0 Å². The fourth-order valence-electron chi connectivity index (χ4n) is 1.52. The number of aromatic nitrogens is 4. The predicted molar refractivity (Wildman–Crippen MR) is 73.9 cm³/mol. The maximum atomic E-state index is 11.8. The molecule has 0 radical (unpaired) electrons. The van der Waals surface area contributed by atoms with Gasteiger partial charge >= 0.3 is 5.97 Å². The summed E-state index contributed by atoms with van der Waals surface area (Å²) in [6.07, 6.45) is 1.52. The number of halogens is 1. The van der Waals surface area contributed by atoms with Crippen LogP contribution in [0.5, 0.6) is 0 Å². The highest BCUT2D eigenvalue weighted by molar-refractivity contribution is 7.35. The van der Waals surface area contributed by atoms with E-state index >= 15 is 0 Å². The molecule has 6 nitrogen and oxygen atoms in total. The summed E-state index contributed by atoms with van der Waals surface area (Å²) >= 11 is 5.81.